The topological polar surface area (TPSA) is 50.4 Å². The van der Waals surface area contributed by atoms with E-state index >= 15 is 0 Å². The van der Waals surface area contributed by atoms with Crippen LogP contribution in [-0.2, 0) is 13.0 Å². The van der Waals surface area contributed by atoms with Gasteiger partial charge in [0.2, 0.25) is 0 Å². The Labute approximate surface area is 149 Å². The fourth-order valence-corrected chi connectivity index (χ4v) is 3.35. The fraction of sp³-hybridized carbons (Fsp3) is 0.381. The summed E-state index contributed by atoms with van der Waals surface area (Å²) in [6.07, 6.45) is 3.62. The highest BCUT2D eigenvalue weighted by Gasteiger charge is 2.14. The molecular weight excluding hydrogens is 312 g/mol. The second-order valence-corrected chi connectivity index (χ2v) is 6.61. The van der Waals surface area contributed by atoms with E-state index in [1.807, 2.05) is 36.4 Å². The zero-order chi connectivity index (χ0) is 17.5. The number of benzene rings is 2. The molecule has 0 spiro atoms. The molecule has 1 fully saturated rings. The Morgan fingerprint density at radius 1 is 1.20 bits per heavy atom. The van der Waals surface area contributed by atoms with Crippen LogP contribution in [0.25, 0.3) is 0 Å². The minimum atomic E-state index is -0.0585. The number of nitrogens with one attached hydrogen (secondary N) is 2. The van der Waals surface area contributed by atoms with Gasteiger partial charge in [0.05, 0.1) is 7.11 Å². The lowest BCUT2D eigenvalue weighted by Crippen LogP contribution is -2.30. The molecule has 0 aromatic heterocycles. The number of para-hydroxylation sites is 1. The summed E-state index contributed by atoms with van der Waals surface area (Å²) in [5.74, 6) is 1.44. The average Bonchev–Trinajstić information content (AvgIpc) is 2.67. The maximum atomic E-state index is 12.4. The molecule has 3 rings (SSSR count). The van der Waals surface area contributed by atoms with Gasteiger partial charge in [-0.1, -0.05) is 30.3 Å². The van der Waals surface area contributed by atoms with Crippen LogP contribution in [0.4, 0.5) is 0 Å². The van der Waals surface area contributed by atoms with Crippen LogP contribution in [0.5, 0.6) is 5.75 Å². The Bertz CT molecular complexity index is 691. The largest absolute Gasteiger partial charge is 0.496 e. The van der Waals surface area contributed by atoms with Crippen molar-refractivity contribution in [1.29, 1.82) is 0 Å². The van der Waals surface area contributed by atoms with Gasteiger partial charge in [-0.3, -0.25) is 4.79 Å². The molecule has 0 radical (unpaired) electrons. The van der Waals surface area contributed by atoms with Crippen LogP contribution in [0.15, 0.2) is 48.5 Å². The summed E-state index contributed by atoms with van der Waals surface area (Å²) in [6, 6.07) is 15.7. The first-order chi connectivity index (χ1) is 12.3. The molecule has 0 unspecified atom stereocenters. The van der Waals surface area contributed by atoms with E-state index in [-0.39, 0.29) is 5.91 Å². The van der Waals surface area contributed by atoms with Gasteiger partial charge in [0.25, 0.3) is 5.91 Å². The molecule has 2 aromatic carbocycles. The van der Waals surface area contributed by atoms with Crippen molar-refractivity contribution in [3.05, 3.63) is 65.2 Å². The van der Waals surface area contributed by atoms with Crippen molar-refractivity contribution in [2.45, 2.75) is 25.8 Å². The highest BCUT2D eigenvalue weighted by atomic mass is 16.5. The third-order valence-electron chi connectivity index (χ3n) is 4.77. The lowest BCUT2D eigenvalue weighted by Gasteiger charge is -2.22. The Morgan fingerprint density at radius 2 is 2.00 bits per heavy atom. The van der Waals surface area contributed by atoms with Crippen LogP contribution in [0, 0.1) is 5.92 Å². The maximum Gasteiger partial charge on any atom is 0.251 e. The van der Waals surface area contributed by atoms with Gasteiger partial charge in [0.15, 0.2) is 0 Å². The lowest BCUT2D eigenvalue weighted by molar-refractivity contribution is 0.0950. The zero-order valence-corrected chi connectivity index (χ0v) is 14.8. The van der Waals surface area contributed by atoms with Crippen LogP contribution in [-0.4, -0.2) is 26.1 Å². The van der Waals surface area contributed by atoms with Gasteiger partial charge in [-0.25, -0.2) is 0 Å². The molecule has 2 N–H and O–H groups in total. The van der Waals surface area contributed by atoms with Crippen LogP contribution in [0.2, 0.25) is 0 Å². The number of amides is 1. The summed E-state index contributed by atoms with van der Waals surface area (Å²) in [5, 5.41) is 6.41. The Kier molecular flexibility index (Phi) is 6.07. The molecule has 1 amide bonds. The zero-order valence-electron chi connectivity index (χ0n) is 14.8. The van der Waals surface area contributed by atoms with Gasteiger partial charge in [0.1, 0.15) is 5.75 Å². The van der Waals surface area contributed by atoms with Crippen molar-refractivity contribution in [1.82, 2.24) is 10.6 Å². The van der Waals surface area contributed by atoms with E-state index < -0.39 is 0 Å². The van der Waals surface area contributed by atoms with Crippen LogP contribution >= 0.6 is 0 Å². The van der Waals surface area contributed by atoms with E-state index in [0.717, 1.165) is 30.8 Å². The minimum absolute atomic E-state index is 0.0585. The number of piperidine rings is 1. The van der Waals surface area contributed by atoms with Gasteiger partial charge in [-0.15, -0.1) is 0 Å². The monoisotopic (exact) mass is 338 g/mol. The van der Waals surface area contributed by atoms with E-state index in [4.69, 9.17) is 4.74 Å². The lowest BCUT2D eigenvalue weighted by atomic mass is 9.92. The summed E-state index contributed by atoms with van der Waals surface area (Å²) in [7, 11) is 1.64. The van der Waals surface area contributed by atoms with Gasteiger partial charge < -0.3 is 15.4 Å². The molecule has 2 aromatic rings. The summed E-state index contributed by atoms with van der Waals surface area (Å²) in [6.45, 7) is 2.70. The summed E-state index contributed by atoms with van der Waals surface area (Å²) in [4.78, 5) is 12.4. The number of ether oxygens (including phenoxy) is 1. The van der Waals surface area contributed by atoms with E-state index in [1.165, 1.54) is 18.4 Å². The number of hydrogen-bond acceptors (Lipinski definition) is 3. The number of hydrogen-bond donors (Lipinski definition) is 2. The molecule has 132 valence electrons. The molecule has 25 heavy (non-hydrogen) atoms. The summed E-state index contributed by atoms with van der Waals surface area (Å²) < 4.78 is 5.31. The molecule has 1 saturated heterocycles. The molecule has 0 saturated carbocycles. The molecule has 4 nitrogen and oxygen atoms in total. The van der Waals surface area contributed by atoms with E-state index in [2.05, 4.69) is 22.8 Å². The summed E-state index contributed by atoms with van der Waals surface area (Å²) >= 11 is 0. The minimum Gasteiger partial charge on any atom is -0.496 e. The molecule has 0 bridgehead atoms. The third-order valence-corrected chi connectivity index (χ3v) is 4.77. The SMILES string of the molecule is COc1ccccc1CNC(=O)c1ccc(C[C@@H]2CCCNC2)cc1. The number of carbonyl (C=O) groups excluding carboxylic acids is 1. The molecule has 1 aliphatic heterocycles. The highest BCUT2D eigenvalue weighted by Crippen LogP contribution is 2.18. The highest BCUT2D eigenvalue weighted by molar-refractivity contribution is 5.94. The van der Waals surface area contributed by atoms with Gasteiger partial charge in [-0.2, -0.15) is 0 Å². The van der Waals surface area contributed by atoms with Crippen molar-refractivity contribution in [2.75, 3.05) is 20.2 Å². The Balaban J connectivity index is 1.55. The number of methoxy groups -OCH3 is 1. The average molecular weight is 338 g/mol. The predicted octanol–water partition coefficient (Wildman–Crippen LogP) is 3.17. The van der Waals surface area contributed by atoms with Crippen LogP contribution < -0.4 is 15.4 Å². The quantitative estimate of drug-likeness (QED) is 0.851. The maximum absolute atomic E-state index is 12.4. The van der Waals surface area contributed by atoms with E-state index in [0.29, 0.717) is 18.0 Å². The first-order valence-corrected chi connectivity index (χ1v) is 8.96. The second-order valence-electron chi connectivity index (χ2n) is 6.61. The van der Waals surface area contributed by atoms with E-state index in [9.17, 15) is 4.79 Å². The first-order valence-electron chi connectivity index (χ1n) is 8.96. The van der Waals surface area contributed by atoms with Crippen molar-refractivity contribution in [3.63, 3.8) is 0 Å². The van der Waals surface area contributed by atoms with Crippen molar-refractivity contribution in [3.8, 4) is 5.75 Å². The van der Waals surface area contributed by atoms with Crippen molar-refractivity contribution < 1.29 is 9.53 Å². The van der Waals surface area contributed by atoms with Crippen molar-refractivity contribution in [2.24, 2.45) is 5.92 Å². The van der Waals surface area contributed by atoms with Gasteiger partial charge >= 0.3 is 0 Å². The molecular formula is C21H26N2O2. The molecule has 4 heteroatoms. The van der Waals surface area contributed by atoms with Gasteiger partial charge in [0, 0.05) is 17.7 Å². The Morgan fingerprint density at radius 3 is 2.72 bits per heavy atom. The number of rotatable bonds is 6. The molecule has 1 heterocycles. The third kappa shape index (κ3) is 4.83. The van der Waals surface area contributed by atoms with E-state index in [1.54, 1.807) is 7.11 Å². The molecule has 1 atom stereocenters. The molecule has 1 aliphatic rings. The van der Waals surface area contributed by atoms with Crippen LogP contribution in [0.3, 0.4) is 0 Å². The first kappa shape index (κ1) is 17.5. The van der Waals surface area contributed by atoms with Crippen molar-refractivity contribution >= 4 is 5.91 Å². The van der Waals surface area contributed by atoms with Gasteiger partial charge in [-0.05, 0) is 62.0 Å². The Hall–Kier alpha value is -2.33. The standard InChI is InChI=1S/C21H26N2O2/c1-25-20-7-3-2-6-19(20)15-23-21(24)18-10-8-16(9-11-18)13-17-5-4-12-22-14-17/h2-3,6-11,17,22H,4-5,12-15H2,1H3,(H,23,24)/t17-/m0/s1. The van der Waals surface area contributed by atoms with Crippen LogP contribution in [0.1, 0.15) is 34.3 Å². The smallest absolute Gasteiger partial charge is 0.251 e. The summed E-state index contributed by atoms with van der Waals surface area (Å²) in [5.41, 5.74) is 2.97. The predicted molar refractivity (Wildman–Crippen MR) is 99.9 cm³/mol. The second kappa shape index (κ2) is 8.67. The molecule has 0 aliphatic carbocycles. The fourth-order valence-electron chi connectivity index (χ4n) is 3.35. The normalized spacial score (nSPS) is 17.1. The number of carbonyl (C=O) groups is 1.